The molecule has 0 amide bonds. The Hall–Kier alpha value is -2.24. The number of halogens is 1. The molecule has 0 bridgehead atoms. The minimum Gasteiger partial charge on any atom is -0.358 e. The number of anilines is 1. The molecule has 1 aliphatic rings. The fraction of sp³-hybridized carbons (Fsp3) is 0.316. The minimum atomic E-state index is -0.373. The molecule has 3 rings (SSSR count). The van der Waals surface area contributed by atoms with Gasteiger partial charge < -0.3 is 5.32 Å². The van der Waals surface area contributed by atoms with E-state index in [0.717, 1.165) is 11.3 Å². The van der Waals surface area contributed by atoms with E-state index in [1.165, 1.54) is 6.33 Å². The number of carbonyl (C=O) groups is 1. The van der Waals surface area contributed by atoms with Gasteiger partial charge in [-0.15, -0.1) is 6.58 Å². The van der Waals surface area contributed by atoms with Gasteiger partial charge in [-0.05, 0) is 12.0 Å². The maximum atomic E-state index is 13.0. The fourth-order valence-electron chi connectivity index (χ4n) is 3.19. The van der Waals surface area contributed by atoms with Crippen LogP contribution in [0.25, 0.3) is 0 Å². The van der Waals surface area contributed by atoms with E-state index in [0.29, 0.717) is 30.4 Å². The van der Waals surface area contributed by atoms with Gasteiger partial charge in [0, 0.05) is 13.1 Å². The molecule has 2 heterocycles. The third-order valence-corrected chi connectivity index (χ3v) is 4.78. The number of rotatable bonds is 6. The van der Waals surface area contributed by atoms with Crippen molar-refractivity contribution in [3.05, 3.63) is 65.6 Å². The van der Waals surface area contributed by atoms with Gasteiger partial charge in [-0.25, -0.2) is 9.97 Å². The van der Waals surface area contributed by atoms with Crippen LogP contribution in [0.4, 0.5) is 5.82 Å². The summed E-state index contributed by atoms with van der Waals surface area (Å²) in [4.78, 5) is 23.5. The zero-order valence-corrected chi connectivity index (χ0v) is 14.9. The van der Waals surface area contributed by atoms with Crippen LogP contribution < -0.4 is 5.32 Å². The van der Waals surface area contributed by atoms with Crippen molar-refractivity contribution in [2.75, 3.05) is 18.4 Å². The average Bonchev–Trinajstić information content (AvgIpc) is 2.93. The van der Waals surface area contributed by atoms with E-state index in [1.54, 1.807) is 0 Å². The normalized spacial score (nSPS) is 20.6. The number of nitrogens with zero attached hydrogens (tertiary/aromatic N) is 3. The zero-order chi connectivity index (χ0) is 17.8. The first-order valence-electron chi connectivity index (χ1n) is 8.35. The number of aromatic nitrogens is 2. The van der Waals surface area contributed by atoms with E-state index in [2.05, 4.69) is 26.8 Å². The van der Waals surface area contributed by atoms with Crippen molar-refractivity contribution < 1.29 is 4.79 Å². The first kappa shape index (κ1) is 17.6. The molecule has 1 N–H and O–H groups in total. The lowest BCUT2D eigenvalue weighted by Gasteiger charge is -2.21. The van der Waals surface area contributed by atoms with Gasteiger partial charge in [0.25, 0.3) is 0 Å². The number of benzene rings is 1. The Kier molecular flexibility index (Phi) is 5.46. The van der Waals surface area contributed by atoms with Crippen molar-refractivity contribution in [1.82, 2.24) is 14.9 Å². The molecule has 0 radical (unpaired) electrons. The van der Waals surface area contributed by atoms with E-state index in [4.69, 9.17) is 11.6 Å². The summed E-state index contributed by atoms with van der Waals surface area (Å²) >= 11 is 6.36. The molecule has 2 unspecified atom stereocenters. The Balaban J connectivity index is 1.86. The van der Waals surface area contributed by atoms with Crippen molar-refractivity contribution in [3.63, 3.8) is 0 Å². The summed E-state index contributed by atoms with van der Waals surface area (Å²) in [5.41, 5.74) is 1.76. The molecule has 1 aromatic carbocycles. The van der Waals surface area contributed by atoms with Crippen LogP contribution in [0.3, 0.4) is 0 Å². The SMILES string of the molecule is C=CCN1CC(Nc2ncnc(CC)c2Cl)C(=O)C1c1ccccc1. The van der Waals surface area contributed by atoms with Crippen molar-refractivity contribution in [2.45, 2.75) is 25.4 Å². The summed E-state index contributed by atoms with van der Waals surface area (Å²) in [7, 11) is 0. The van der Waals surface area contributed by atoms with Crippen molar-refractivity contribution in [3.8, 4) is 0 Å². The van der Waals surface area contributed by atoms with Crippen molar-refractivity contribution in [2.24, 2.45) is 0 Å². The summed E-state index contributed by atoms with van der Waals surface area (Å²) in [6.07, 6.45) is 4.00. The van der Waals surface area contributed by atoms with Gasteiger partial charge >= 0.3 is 0 Å². The number of carbonyl (C=O) groups excluding carboxylic acids is 1. The monoisotopic (exact) mass is 356 g/mol. The molecule has 0 saturated carbocycles. The molecule has 1 aliphatic heterocycles. The molecule has 2 atom stereocenters. The molecule has 1 saturated heterocycles. The number of ketones is 1. The number of hydrogen-bond donors (Lipinski definition) is 1. The highest BCUT2D eigenvalue weighted by Crippen LogP contribution is 2.31. The Morgan fingerprint density at radius 3 is 2.80 bits per heavy atom. The van der Waals surface area contributed by atoms with Crippen LogP contribution in [0.2, 0.25) is 5.02 Å². The van der Waals surface area contributed by atoms with E-state index in [-0.39, 0.29) is 17.9 Å². The van der Waals surface area contributed by atoms with Gasteiger partial charge in [0.1, 0.15) is 23.2 Å². The Bertz CT molecular complexity index is 765. The second-order valence-electron chi connectivity index (χ2n) is 5.99. The first-order valence-corrected chi connectivity index (χ1v) is 8.73. The molecule has 130 valence electrons. The summed E-state index contributed by atoms with van der Waals surface area (Å²) in [5, 5.41) is 3.70. The van der Waals surface area contributed by atoms with Crippen LogP contribution in [-0.2, 0) is 11.2 Å². The number of likely N-dealkylation sites (tertiary alicyclic amines) is 1. The third-order valence-electron chi connectivity index (χ3n) is 4.38. The molecule has 5 nitrogen and oxygen atoms in total. The molecule has 2 aromatic rings. The fourth-order valence-corrected chi connectivity index (χ4v) is 3.48. The smallest absolute Gasteiger partial charge is 0.177 e. The summed E-state index contributed by atoms with van der Waals surface area (Å²) in [6.45, 7) is 7.01. The van der Waals surface area contributed by atoms with E-state index < -0.39 is 0 Å². The second-order valence-corrected chi connectivity index (χ2v) is 6.37. The van der Waals surface area contributed by atoms with Gasteiger partial charge in [0.15, 0.2) is 5.78 Å². The largest absolute Gasteiger partial charge is 0.358 e. The van der Waals surface area contributed by atoms with Crippen LogP contribution >= 0.6 is 11.6 Å². The van der Waals surface area contributed by atoms with Crippen molar-refractivity contribution >= 4 is 23.2 Å². The lowest BCUT2D eigenvalue weighted by molar-refractivity contribution is -0.120. The molecule has 6 heteroatoms. The number of aryl methyl sites for hydroxylation is 1. The number of nitrogens with one attached hydrogen (secondary N) is 1. The molecule has 0 spiro atoms. The van der Waals surface area contributed by atoms with Crippen LogP contribution in [0, 0.1) is 0 Å². The molecule has 25 heavy (non-hydrogen) atoms. The van der Waals surface area contributed by atoms with E-state index in [9.17, 15) is 4.79 Å². The standard InChI is InChI=1S/C19H21ClN4O/c1-3-10-24-11-15(18(25)17(24)13-8-6-5-7-9-13)23-19-16(20)14(4-2)21-12-22-19/h3,5-9,12,15,17H,1,4,10-11H2,2H3,(H,21,22,23). The Morgan fingerprint density at radius 1 is 1.36 bits per heavy atom. The molecular formula is C19H21ClN4O. The lowest BCUT2D eigenvalue weighted by Crippen LogP contribution is -2.29. The van der Waals surface area contributed by atoms with Gasteiger partial charge in [-0.3, -0.25) is 9.69 Å². The topological polar surface area (TPSA) is 58.1 Å². The highest BCUT2D eigenvalue weighted by atomic mass is 35.5. The zero-order valence-electron chi connectivity index (χ0n) is 14.2. The molecular weight excluding hydrogens is 336 g/mol. The second kappa shape index (κ2) is 7.76. The Morgan fingerprint density at radius 2 is 2.12 bits per heavy atom. The predicted molar refractivity (Wildman–Crippen MR) is 99.8 cm³/mol. The summed E-state index contributed by atoms with van der Waals surface area (Å²) in [6, 6.07) is 9.14. The molecule has 1 aromatic heterocycles. The molecule has 1 fully saturated rings. The minimum absolute atomic E-state index is 0.112. The van der Waals surface area contributed by atoms with Gasteiger partial charge in [-0.2, -0.15) is 0 Å². The summed E-state index contributed by atoms with van der Waals surface area (Å²) in [5.74, 6) is 0.625. The average molecular weight is 357 g/mol. The third kappa shape index (κ3) is 3.57. The summed E-state index contributed by atoms with van der Waals surface area (Å²) < 4.78 is 0. The highest BCUT2D eigenvalue weighted by Gasteiger charge is 2.41. The maximum absolute atomic E-state index is 13.0. The van der Waals surface area contributed by atoms with Crippen LogP contribution in [0.15, 0.2) is 49.3 Å². The highest BCUT2D eigenvalue weighted by molar-refractivity contribution is 6.33. The van der Waals surface area contributed by atoms with Crippen LogP contribution in [0.5, 0.6) is 0 Å². The maximum Gasteiger partial charge on any atom is 0.177 e. The number of Topliss-reactive ketones (excluding diaryl/α,β-unsaturated/α-hetero) is 1. The predicted octanol–water partition coefficient (Wildman–Crippen LogP) is 3.28. The van der Waals surface area contributed by atoms with E-state index >= 15 is 0 Å². The quantitative estimate of drug-likeness (QED) is 0.805. The van der Waals surface area contributed by atoms with Crippen molar-refractivity contribution in [1.29, 1.82) is 0 Å². The van der Waals surface area contributed by atoms with Gasteiger partial charge in [-0.1, -0.05) is 54.9 Å². The van der Waals surface area contributed by atoms with E-state index in [1.807, 2.05) is 43.3 Å². The Labute approximate surface area is 152 Å². The number of hydrogen-bond acceptors (Lipinski definition) is 5. The first-order chi connectivity index (χ1) is 12.2. The van der Waals surface area contributed by atoms with Crippen LogP contribution in [-0.4, -0.2) is 39.8 Å². The van der Waals surface area contributed by atoms with Gasteiger partial charge in [0.05, 0.1) is 11.7 Å². The van der Waals surface area contributed by atoms with Crippen LogP contribution in [0.1, 0.15) is 24.2 Å². The molecule has 0 aliphatic carbocycles. The van der Waals surface area contributed by atoms with Gasteiger partial charge in [0.2, 0.25) is 0 Å². The lowest BCUT2D eigenvalue weighted by atomic mass is 10.0.